The molecule has 0 heterocycles. The molecule has 0 aromatic heterocycles. The van der Waals surface area contributed by atoms with Crippen molar-refractivity contribution in [3.05, 3.63) is 60.3 Å². The maximum atomic E-state index is 14.4. The molecule has 2 heteroatoms. The minimum absolute atomic E-state index is 0.270. The summed E-state index contributed by atoms with van der Waals surface area (Å²) < 4.78 is 20.0. The van der Waals surface area contributed by atoms with Crippen molar-refractivity contribution in [2.24, 2.45) is 0 Å². The lowest BCUT2D eigenvalue weighted by Crippen LogP contribution is -2.04. The molecule has 0 saturated heterocycles. The van der Waals surface area contributed by atoms with Gasteiger partial charge in [-0.05, 0) is 73.3 Å². The summed E-state index contributed by atoms with van der Waals surface area (Å²) in [6.45, 7) is 2.79. The van der Waals surface area contributed by atoms with Gasteiger partial charge >= 0.3 is 0 Å². The Bertz CT molecular complexity index is 686. The van der Waals surface area contributed by atoms with Crippen LogP contribution in [0.4, 0.5) is 4.39 Å². The first kappa shape index (κ1) is 19.9. The number of unbranched alkanes of at least 4 members (excludes halogenated alkanes) is 4. The molecule has 3 rings (SSSR count). The van der Waals surface area contributed by atoms with Crippen LogP contribution < -0.4 is 4.74 Å². The molecule has 0 unspecified atom stereocenters. The number of ether oxygens (including phenoxy) is 1. The van der Waals surface area contributed by atoms with Crippen molar-refractivity contribution < 1.29 is 9.13 Å². The third-order valence-electron chi connectivity index (χ3n) is 5.59. The monoisotopic (exact) mass is 367 g/mol. The van der Waals surface area contributed by atoms with Crippen molar-refractivity contribution >= 4 is 0 Å². The highest BCUT2D eigenvalue weighted by Crippen LogP contribution is 2.33. The van der Waals surface area contributed by atoms with Gasteiger partial charge in [0.15, 0.2) is 11.6 Å². The summed E-state index contributed by atoms with van der Waals surface area (Å²) in [5, 5.41) is 0. The van der Waals surface area contributed by atoms with Gasteiger partial charge in [0.2, 0.25) is 0 Å². The smallest absolute Gasteiger partial charge is 0.165 e. The van der Waals surface area contributed by atoms with E-state index < -0.39 is 0 Å². The fourth-order valence-corrected chi connectivity index (χ4v) is 3.89. The summed E-state index contributed by atoms with van der Waals surface area (Å²) in [6, 6.07) is 14.0. The van der Waals surface area contributed by atoms with Crippen LogP contribution in [0.15, 0.2) is 42.5 Å². The van der Waals surface area contributed by atoms with E-state index >= 15 is 0 Å². The standard InChI is InChI=1S/C25H32FO/c1-2-3-4-5-9-18-27-25-17-16-23(19-24(25)26)22-14-12-21(13-15-22)20-10-7-6-8-11-20/h6,12-17,19-20H,2-5,7-11,18H2,1H3. The third-order valence-corrected chi connectivity index (χ3v) is 5.59. The molecule has 0 atom stereocenters. The van der Waals surface area contributed by atoms with Crippen LogP contribution in [0.2, 0.25) is 0 Å². The van der Waals surface area contributed by atoms with Crippen molar-refractivity contribution in [2.45, 2.75) is 70.6 Å². The highest BCUT2D eigenvalue weighted by atomic mass is 19.1. The Morgan fingerprint density at radius 2 is 1.59 bits per heavy atom. The van der Waals surface area contributed by atoms with Gasteiger partial charge < -0.3 is 4.74 Å². The average molecular weight is 368 g/mol. The second-order valence-corrected chi connectivity index (χ2v) is 7.67. The minimum atomic E-state index is -0.270. The van der Waals surface area contributed by atoms with Gasteiger partial charge in [-0.2, -0.15) is 0 Å². The zero-order valence-corrected chi connectivity index (χ0v) is 16.6. The van der Waals surface area contributed by atoms with Crippen molar-refractivity contribution in [1.82, 2.24) is 0 Å². The zero-order valence-electron chi connectivity index (χ0n) is 16.6. The van der Waals surface area contributed by atoms with E-state index in [2.05, 4.69) is 37.6 Å². The predicted octanol–water partition coefficient (Wildman–Crippen LogP) is 7.70. The van der Waals surface area contributed by atoms with E-state index in [9.17, 15) is 4.39 Å². The van der Waals surface area contributed by atoms with Gasteiger partial charge in [-0.3, -0.25) is 0 Å². The summed E-state index contributed by atoms with van der Waals surface area (Å²) in [7, 11) is 0. The molecule has 1 fully saturated rings. The molecular weight excluding hydrogens is 335 g/mol. The van der Waals surface area contributed by atoms with E-state index in [1.165, 1.54) is 50.5 Å². The average Bonchev–Trinajstić information content (AvgIpc) is 2.72. The van der Waals surface area contributed by atoms with E-state index in [4.69, 9.17) is 4.74 Å². The summed E-state index contributed by atoms with van der Waals surface area (Å²) >= 11 is 0. The van der Waals surface area contributed by atoms with Crippen molar-refractivity contribution in [2.75, 3.05) is 6.61 Å². The Hall–Kier alpha value is -1.83. The normalized spacial score (nSPS) is 15.0. The van der Waals surface area contributed by atoms with E-state index in [-0.39, 0.29) is 5.82 Å². The van der Waals surface area contributed by atoms with Gasteiger partial charge in [0.25, 0.3) is 0 Å². The van der Waals surface area contributed by atoms with Crippen molar-refractivity contribution in [1.29, 1.82) is 0 Å². The van der Waals surface area contributed by atoms with E-state index in [0.717, 1.165) is 24.0 Å². The molecule has 1 nitrogen and oxygen atoms in total. The fourth-order valence-electron chi connectivity index (χ4n) is 3.89. The Balaban J connectivity index is 1.56. The van der Waals surface area contributed by atoms with Crippen LogP contribution >= 0.6 is 0 Å². The summed E-state index contributed by atoms with van der Waals surface area (Å²) in [6.07, 6.45) is 13.2. The first-order valence-corrected chi connectivity index (χ1v) is 10.6. The lowest BCUT2D eigenvalue weighted by molar-refractivity contribution is 0.290. The lowest BCUT2D eigenvalue weighted by atomic mass is 9.84. The Kier molecular flexibility index (Phi) is 7.74. The van der Waals surface area contributed by atoms with Gasteiger partial charge in [-0.1, -0.05) is 62.9 Å². The summed E-state index contributed by atoms with van der Waals surface area (Å²) in [5.41, 5.74) is 3.38. The highest BCUT2D eigenvalue weighted by molar-refractivity contribution is 5.64. The third kappa shape index (κ3) is 5.82. The van der Waals surface area contributed by atoms with E-state index in [1.807, 2.05) is 6.07 Å². The molecule has 1 saturated carbocycles. The molecule has 0 aliphatic heterocycles. The number of hydrogen-bond donors (Lipinski definition) is 0. The van der Waals surface area contributed by atoms with Gasteiger partial charge in [-0.25, -0.2) is 4.39 Å². The zero-order chi connectivity index (χ0) is 18.9. The van der Waals surface area contributed by atoms with Gasteiger partial charge in [0.1, 0.15) is 0 Å². The Labute approximate surface area is 164 Å². The molecule has 0 N–H and O–H groups in total. The molecule has 2 aromatic rings. The van der Waals surface area contributed by atoms with Crippen molar-refractivity contribution in [3.8, 4) is 16.9 Å². The van der Waals surface area contributed by atoms with Crippen LogP contribution in [0.1, 0.15) is 76.2 Å². The second kappa shape index (κ2) is 10.5. The van der Waals surface area contributed by atoms with Crippen LogP contribution in [0.5, 0.6) is 5.75 Å². The lowest BCUT2D eigenvalue weighted by Gasteiger charge is -2.22. The quantitative estimate of drug-likeness (QED) is 0.412. The Morgan fingerprint density at radius 1 is 0.889 bits per heavy atom. The van der Waals surface area contributed by atoms with Crippen LogP contribution in [-0.4, -0.2) is 6.61 Å². The molecule has 1 aliphatic rings. The molecule has 2 aromatic carbocycles. The van der Waals surface area contributed by atoms with E-state index in [1.54, 1.807) is 12.1 Å². The van der Waals surface area contributed by atoms with Gasteiger partial charge in [-0.15, -0.1) is 0 Å². The first-order chi connectivity index (χ1) is 13.3. The first-order valence-electron chi connectivity index (χ1n) is 10.6. The maximum Gasteiger partial charge on any atom is 0.165 e. The maximum absolute atomic E-state index is 14.4. The molecule has 0 spiro atoms. The van der Waals surface area contributed by atoms with E-state index in [0.29, 0.717) is 18.3 Å². The topological polar surface area (TPSA) is 9.23 Å². The van der Waals surface area contributed by atoms with Crippen molar-refractivity contribution in [3.63, 3.8) is 0 Å². The molecule has 27 heavy (non-hydrogen) atoms. The minimum Gasteiger partial charge on any atom is -0.491 e. The number of rotatable bonds is 9. The van der Waals surface area contributed by atoms with Gasteiger partial charge in [0.05, 0.1) is 6.61 Å². The van der Waals surface area contributed by atoms with Crippen LogP contribution in [0, 0.1) is 12.2 Å². The number of halogens is 1. The van der Waals surface area contributed by atoms with Crippen LogP contribution in [0.25, 0.3) is 11.1 Å². The largest absolute Gasteiger partial charge is 0.491 e. The van der Waals surface area contributed by atoms with Crippen LogP contribution in [0.3, 0.4) is 0 Å². The second-order valence-electron chi connectivity index (χ2n) is 7.67. The molecular formula is C25H32FO. The molecule has 1 aliphatic carbocycles. The summed E-state index contributed by atoms with van der Waals surface area (Å²) in [4.78, 5) is 0. The fraction of sp³-hybridized carbons (Fsp3) is 0.480. The number of hydrogen-bond acceptors (Lipinski definition) is 1. The molecule has 0 bridgehead atoms. The SMILES string of the molecule is CCCCCCCOc1ccc(-c2ccc(C3CC[CH]CC3)cc2)cc1F. The van der Waals surface area contributed by atoms with Crippen LogP contribution in [-0.2, 0) is 0 Å². The number of benzene rings is 2. The molecule has 1 radical (unpaired) electrons. The Morgan fingerprint density at radius 3 is 2.30 bits per heavy atom. The predicted molar refractivity (Wildman–Crippen MR) is 112 cm³/mol. The highest BCUT2D eigenvalue weighted by Gasteiger charge is 2.15. The van der Waals surface area contributed by atoms with Gasteiger partial charge in [0, 0.05) is 0 Å². The summed E-state index contributed by atoms with van der Waals surface area (Å²) in [5.74, 6) is 0.770. The molecule has 145 valence electrons. The molecule has 0 amide bonds.